The van der Waals surface area contributed by atoms with Crippen molar-refractivity contribution in [2.24, 2.45) is 0 Å². The van der Waals surface area contributed by atoms with Gasteiger partial charge in [0.25, 0.3) is 0 Å². The molecular formula is C23H30O5. The Balaban J connectivity index is 2.06. The number of hydrogen-bond donors (Lipinski definition) is 0. The molecule has 0 N–H and O–H groups in total. The molecule has 5 heteroatoms. The first-order chi connectivity index (χ1) is 13.4. The average molecular weight is 386 g/mol. The van der Waals surface area contributed by atoms with Crippen LogP contribution in [0.4, 0.5) is 0 Å². The molecule has 1 aromatic carbocycles. The molecule has 152 valence electrons. The highest BCUT2D eigenvalue weighted by molar-refractivity contribution is 5.76. The molecule has 1 aliphatic carbocycles. The highest BCUT2D eigenvalue weighted by Gasteiger charge is 2.16. The fourth-order valence-electron chi connectivity index (χ4n) is 3.26. The molecule has 2 rings (SSSR count). The van der Waals surface area contributed by atoms with Gasteiger partial charge >= 0.3 is 11.9 Å². The molecule has 5 nitrogen and oxygen atoms in total. The molecule has 0 radical (unpaired) electrons. The smallest absolute Gasteiger partial charge is 0.310 e. The maximum Gasteiger partial charge on any atom is 0.310 e. The number of rotatable bonds is 8. The van der Waals surface area contributed by atoms with Gasteiger partial charge in [0.2, 0.25) is 0 Å². The third-order valence-corrected chi connectivity index (χ3v) is 4.79. The topological polar surface area (TPSA) is 69.7 Å². The van der Waals surface area contributed by atoms with Gasteiger partial charge in [-0.25, -0.2) is 0 Å². The van der Waals surface area contributed by atoms with E-state index in [2.05, 4.69) is 6.08 Å². The zero-order valence-corrected chi connectivity index (χ0v) is 16.9. The molecule has 28 heavy (non-hydrogen) atoms. The third-order valence-electron chi connectivity index (χ3n) is 4.79. The lowest BCUT2D eigenvalue weighted by molar-refractivity contribution is -0.146. The molecule has 0 aliphatic heterocycles. The summed E-state index contributed by atoms with van der Waals surface area (Å²) in [6.45, 7) is 3.10. The van der Waals surface area contributed by atoms with Gasteiger partial charge in [0.1, 0.15) is 18.5 Å². The molecule has 1 aliphatic rings. The molecule has 1 atom stereocenters. The summed E-state index contributed by atoms with van der Waals surface area (Å²) >= 11 is 0. The summed E-state index contributed by atoms with van der Waals surface area (Å²) in [6.07, 6.45) is 10.4. The Bertz CT molecular complexity index is 720. The second kappa shape index (κ2) is 11.4. The number of hydrogen-bond acceptors (Lipinski definition) is 5. The second-order valence-electron chi connectivity index (χ2n) is 7.36. The van der Waals surface area contributed by atoms with Gasteiger partial charge in [-0.05, 0) is 61.8 Å². The fourth-order valence-corrected chi connectivity index (χ4v) is 3.26. The van der Waals surface area contributed by atoms with Crippen molar-refractivity contribution in [3.05, 3.63) is 47.0 Å². The van der Waals surface area contributed by atoms with Crippen LogP contribution in [0.15, 0.2) is 30.4 Å². The SMILES string of the molecule is CC(=O)CCc1cc(COC(C)=O)ccc1CC(=O)OC1/C=C/CCCCC1. The standard InChI is InChI=1S/C23H30O5/c1-17(24)10-12-20-14-19(16-27-18(2)25)11-13-21(20)15-23(26)28-22-8-6-4-3-5-7-9-22/h6,8,11,13-14,22H,3-5,7,9-10,12,15-16H2,1-2H3/b8-6+. The third kappa shape index (κ3) is 8.07. The van der Waals surface area contributed by atoms with Crippen molar-refractivity contribution in [3.63, 3.8) is 0 Å². The number of carbonyl (C=O) groups is 3. The summed E-state index contributed by atoms with van der Waals surface area (Å²) in [5.41, 5.74) is 2.62. The van der Waals surface area contributed by atoms with Crippen LogP contribution in [-0.2, 0) is 43.3 Å². The van der Waals surface area contributed by atoms with Gasteiger partial charge in [-0.1, -0.05) is 30.7 Å². The quantitative estimate of drug-likeness (QED) is 0.493. The minimum Gasteiger partial charge on any atom is -0.461 e. The first-order valence-corrected chi connectivity index (χ1v) is 10.0. The van der Waals surface area contributed by atoms with E-state index in [1.807, 2.05) is 24.3 Å². The summed E-state index contributed by atoms with van der Waals surface area (Å²) in [4.78, 5) is 34.9. The van der Waals surface area contributed by atoms with Gasteiger partial charge in [-0.3, -0.25) is 9.59 Å². The Morgan fingerprint density at radius 1 is 1.07 bits per heavy atom. The lowest BCUT2D eigenvalue weighted by Crippen LogP contribution is -2.19. The molecule has 0 fully saturated rings. The number of carbonyl (C=O) groups excluding carboxylic acids is 3. The Hall–Kier alpha value is -2.43. The van der Waals surface area contributed by atoms with Crippen LogP contribution in [0.2, 0.25) is 0 Å². The molecular weight excluding hydrogens is 356 g/mol. The van der Waals surface area contributed by atoms with Gasteiger partial charge in [0, 0.05) is 13.3 Å². The van der Waals surface area contributed by atoms with Gasteiger partial charge in [0.15, 0.2) is 0 Å². The molecule has 0 spiro atoms. The van der Waals surface area contributed by atoms with E-state index in [-0.39, 0.29) is 36.9 Å². The molecule has 1 unspecified atom stereocenters. The number of esters is 2. The van der Waals surface area contributed by atoms with E-state index >= 15 is 0 Å². The Kier molecular flexibility index (Phi) is 8.92. The number of aryl methyl sites for hydroxylation is 1. The molecule has 0 bridgehead atoms. The number of allylic oxidation sites excluding steroid dienone is 1. The predicted molar refractivity (Wildman–Crippen MR) is 107 cm³/mol. The highest BCUT2D eigenvalue weighted by Crippen LogP contribution is 2.19. The second-order valence-corrected chi connectivity index (χ2v) is 7.36. The summed E-state index contributed by atoms with van der Waals surface area (Å²) in [7, 11) is 0. The van der Waals surface area contributed by atoms with Crippen molar-refractivity contribution in [2.75, 3.05) is 0 Å². The zero-order chi connectivity index (χ0) is 20.4. The van der Waals surface area contributed by atoms with Gasteiger partial charge in [-0.15, -0.1) is 0 Å². The van der Waals surface area contributed by atoms with E-state index in [4.69, 9.17) is 9.47 Å². The summed E-state index contributed by atoms with van der Waals surface area (Å²) in [5.74, 6) is -0.504. The zero-order valence-electron chi connectivity index (χ0n) is 16.9. The number of ketones is 1. The van der Waals surface area contributed by atoms with Crippen LogP contribution in [0.25, 0.3) is 0 Å². The van der Waals surface area contributed by atoms with Crippen LogP contribution >= 0.6 is 0 Å². The molecule has 0 amide bonds. The van der Waals surface area contributed by atoms with Crippen molar-refractivity contribution in [1.29, 1.82) is 0 Å². The van der Waals surface area contributed by atoms with E-state index in [1.165, 1.54) is 13.3 Å². The molecule has 0 aromatic heterocycles. The minimum atomic E-state index is -0.342. The monoisotopic (exact) mass is 386 g/mol. The lowest BCUT2D eigenvalue weighted by atomic mass is 9.97. The van der Waals surface area contributed by atoms with Gasteiger partial charge in [-0.2, -0.15) is 0 Å². The largest absolute Gasteiger partial charge is 0.461 e. The summed E-state index contributed by atoms with van der Waals surface area (Å²) in [5, 5.41) is 0. The van der Waals surface area contributed by atoms with E-state index in [0.717, 1.165) is 42.4 Å². The lowest BCUT2D eigenvalue weighted by Gasteiger charge is -2.17. The molecule has 0 saturated heterocycles. The first kappa shape index (κ1) is 21.9. The van der Waals surface area contributed by atoms with Crippen LogP contribution in [-0.4, -0.2) is 23.8 Å². The van der Waals surface area contributed by atoms with Crippen LogP contribution in [0.3, 0.4) is 0 Å². The molecule has 0 saturated carbocycles. The average Bonchev–Trinajstić information content (AvgIpc) is 2.61. The Morgan fingerprint density at radius 2 is 1.89 bits per heavy atom. The molecule has 1 aromatic rings. The van der Waals surface area contributed by atoms with Crippen molar-refractivity contribution >= 4 is 17.7 Å². The van der Waals surface area contributed by atoms with E-state index in [0.29, 0.717) is 12.8 Å². The minimum absolute atomic E-state index is 0.0959. The van der Waals surface area contributed by atoms with Crippen LogP contribution in [0.5, 0.6) is 0 Å². The van der Waals surface area contributed by atoms with E-state index in [1.54, 1.807) is 6.92 Å². The van der Waals surface area contributed by atoms with Crippen LogP contribution in [0.1, 0.15) is 69.1 Å². The predicted octanol–water partition coefficient (Wildman–Crippen LogP) is 4.25. The van der Waals surface area contributed by atoms with E-state index in [9.17, 15) is 14.4 Å². The number of benzene rings is 1. The fraction of sp³-hybridized carbons (Fsp3) is 0.522. The first-order valence-electron chi connectivity index (χ1n) is 10.0. The Labute approximate surface area is 167 Å². The van der Waals surface area contributed by atoms with Crippen molar-refractivity contribution in [3.8, 4) is 0 Å². The van der Waals surface area contributed by atoms with Crippen molar-refractivity contribution in [2.45, 2.75) is 77.9 Å². The van der Waals surface area contributed by atoms with Gasteiger partial charge < -0.3 is 14.3 Å². The van der Waals surface area contributed by atoms with Gasteiger partial charge in [0.05, 0.1) is 6.42 Å². The van der Waals surface area contributed by atoms with E-state index < -0.39 is 0 Å². The highest BCUT2D eigenvalue weighted by atomic mass is 16.5. The van der Waals surface area contributed by atoms with Crippen LogP contribution in [0, 0.1) is 0 Å². The maximum absolute atomic E-state index is 12.5. The normalized spacial score (nSPS) is 17.9. The molecule has 0 heterocycles. The number of ether oxygens (including phenoxy) is 2. The summed E-state index contributed by atoms with van der Waals surface area (Å²) in [6, 6.07) is 5.62. The number of Topliss-reactive ketones (excluding diaryl/α,β-unsaturated/α-hetero) is 1. The van der Waals surface area contributed by atoms with Crippen molar-refractivity contribution < 1.29 is 23.9 Å². The van der Waals surface area contributed by atoms with Crippen LogP contribution < -0.4 is 0 Å². The van der Waals surface area contributed by atoms with Crippen molar-refractivity contribution in [1.82, 2.24) is 0 Å². The Morgan fingerprint density at radius 3 is 2.64 bits per heavy atom. The maximum atomic E-state index is 12.5. The summed E-state index contributed by atoms with van der Waals surface area (Å²) < 4.78 is 10.7.